The molecule has 0 aromatic rings. The third-order valence-corrected chi connectivity index (χ3v) is 11.0. The van der Waals surface area contributed by atoms with Crippen molar-refractivity contribution in [3.05, 3.63) is 0 Å². The van der Waals surface area contributed by atoms with Crippen LogP contribution in [0.2, 0.25) is 0 Å². The first-order chi connectivity index (χ1) is 13.6. The molecular weight excluding hydrogens is 354 g/mol. The fraction of sp³-hybridized carbons (Fsp3) is 1.00. The molecule has 168 valence electrons. The van der Waals surface area contributed by atoms with E-state index in [1.165, 1.54) is 64.2 Å². The zero-order valence-electron chi connectivity index (χ0n) is 20.1. The summed E-state index contributed by atoms with van der Waals surface area (Å²) in [6, 6.07) is 0. The molecule has 0 amide bonds. The van der Waals surface area contributed by atoms with Gasteiger partial charge in [0.2, 0.25) is 0 Å². The van der Waals surface area contributed by atoms with Crippen LogP contribution in [0.5, 0.6) is 0 Å². The van der Waals surface area contributed by atoms with E-state index in [1.807, 2.05) is 0 Å². The highest BCUT2D eigenvalue weighted by Gasteiger charge is 2.65. The van der Waals surface area contributed by atoms with E-state index in [0.29, 0.717) is 22.7 Å². The summed E-state index contributed by atoms with van der Waals surface area (Å²) in [4.78, 5) is 0. The van der Waals surface area contributed by atoms with E-state index in [-0.39, 0.29) is 11.6 Å². The number of nitrogens with two attached hydrogens (primary N) is 1. The van der Waals surface area contributed by atoms with E-state index >= 15 is 0 Å². The molecule has 3 N–H and O–H groups in total. The van der Waals surface area contributed by atoms with Crippen LogP contribution in [0, 0.1) is 46.3 Å². The maximum absolute atomic E-state index is 10.3. The summed E-state index contributed by atoms with van der Waals surface area (Å²) >= 11 is 0. The molecule has 0 aromatic carbocycles. The lowest BCUT2D eigenvalue weighted by atomic mass is 9.41. The Balaban J connectivity index is 1.52. The Kier molecular flexibility index (Phi) is 5.95. The molecule has 0 aliphatic heterocycles. The highest BCUT2D eigenvalue weighted by molar-refractivity contribution is 5.18. The molecule has 0 aromatic heterocycles. The highest BCUT2D eigenvalue weighted by atomic mass is 16.3. The van der Waals surface area contributed by atoms with Crippen LogP contribution >= 0.6 is 0 Å². The third kappa shape index (κ3) is 3.53. The lowest BCUT2D eigenvalue weighted by molar-refractivity contribution is -0.142. The molecule has 4 aliphatic carbocycles. The van der Waals surface area contributed by atoms with Crippen molar-refractivity contribution in [3.63, 3.8) is 0 Å². The number of hydrogen-bond donors (Lipinski definition) is 2. The van der Waals surface area contributed by atoms with E-state index in [2.05, 4.69) is 34.6 Å². The molecule has 4 saturated carbocycles. The highest BCUT2D eigenvalue weighted by Crippen LogP contribution is 2.69. The van der Waals surface area contributed by atoms with Crippen LogP contribution in [0.15, 0.2) is 0 Å². The second-order valence-corrected chi connectivity index (χ2v) is 12.9. The molecule has 0 spiro atoms. The maximum Gasteiger partial charge on any atom is 0.0543 e. The minimum Gasteiger partial charge on any atom is -0.393 e. The van der Waals surface area contributed by atoms with Gasteiger partial charge in [0.15, 0.2) is 0 Å². The summed E-state index contributed by atoms with van der Waals surface area (Å²) in [5.41, 5.74) is 8.38. The van der Waals surface area contributed by atoms with Crippen LogP contribution in [-0.2, 0) is 0 Å². The Bertz CT molecular complexity index is 589. The molecule has 1 unspecified atom stereocenters. The largest absolute Gasteiger partial charge is 0.393 e. The van der Waals surface area contributed by atoms with Gasteiger partial charge in [-0.1, -0.05) is 53.9 Å². The topological polar surface area (TPSA) is 46.2 Å². The summed E-state index contributed by atoms with van der Waals surface area (Å²) in [5.74, 6) is 4.65. The molecule has 0 bridgehead atoms. The van der Waals surface area contributed by atoms with Crippen molar-refractivity contribution < 1.29 is 5.11 Å². The van der Waals surface area contributed by atoms with Gasteiger partial charge in [0.25, 0.3) is 0 Å². The van der Waals surface area contributed by atoms with Gasteiger partial charge in [0.1, 0.15) is 0 Å². The molecule has 0 saturated heterocycles. The predicted molar refractivity (Wildman–Crippen MR) is 123 cm³/mol. The number of hydrogen-bond acceptors (Lipinski definition) is 2. The molecule has 9 atom stereocenters. The minimum atomic E-state index is -0.0604. The van der Waals surface area contributed by atoms with Crippen molar-refractivity contribution in [1.29, 1.82) is 0 Å². The van der Waals surface area contributed by atoms with Crippen LogP contribution in [0.1, 0.15) is 112 Å². The Morgan fingerprint density at radius 1 is 0.862 bits per heavy atom. The number of rotatable bonds is 5. The predicted octanol–water partition coefficient (Wildman–Crippen LogP) is 6.55. The molecule has 29 heavy (non-hydrogen) atoms. The van der Waals surface area contributed by atoms with E-state index < -0.39 is 0 Å². The number of aliphatic hydroxyl groups is 1. The van der Waals surface area contributed by atoms with Gasteiger partial charge < -0.3 is 10.8 Å². The van der Waals surface area contributed by atoms with E-state index in [4.69, 9.17) is 5.73 Å². The average molecular weight is 404 g/mol. The standard InChI is InChI=1S/C27H49NO/c1-18(2)7-6-8-19(3)22-9-10-23-26(22,5)15-13-24-25(4)14-12-21(29)17-20(25)11-16-27(23,24)28/h18-24,29H,6-17,28H2,1-5H3/t19-,20?,21+,22-,23-,24-,25+,26-,27-/m1/s1. The Morgan fingerprint density at radius 3 is 2.28 bits per heavy atom. The maximum atomic E-state index is 10.3. The smallest absolute Gasteiger partial charge is 0.0543 e. The lowest BCUT2D eigenvalue weighted by Gasteiger charge is -2.65. The van der Waals surface area contributed by atoms with E-state index in [0.717, 1.165) is 36.5 Å². The van der Waals surface area contributed by atoms with Crippen molar-refractivity contribution in [1.82, 2.24) is 0 Å². The van der Waals surface area contributed by atoms with Crippen LogP contribution < -0.4 is 5.73 Å². The van der Waals surface area contributed by atoms with Gasteiger partial charge in [-0.3, -0.25) is 0 Å². The average Bonchev–Trinajstić information content (AvgIpc) is 3.00. The molecule has 4 fully saturated rings. The molecule has 2 nitrogen and oxygen atoms in total. The molecular formula is C27H49NO. The Labute approximate surface area is 180 Å². The van der Waals surface area contributed by atoms with Gasteiger partial charge >= 0.3 is 0 Å². The molecule has 2 heteroatoms. The first-order valence-electron chi connectivity index (χ1n) is 13.1. The molecule has 4 rings (SSSR count). The summed E-state index contributed by atoms with van der Waals surface area (Å²) < 4.78 is 0. The van der Waals surface area contributed by atoms with Gasteiger partial charge in [-0.25, -0.2) is 0 Å². The Hall–Kier alpha value is -0.0800. The van der Waals surface area contributed by atoms with Crippen molar-refractivity contribution in [2.45, 2.75) is 123 Å². The molecule has 4 aliphatic rings. The van der Waals surface area contributed by atoms with Crippen molar-refractivity contribution in [2.24, 2.45) is 52.1 Å². The van der Waals surface area contributed by atoms with Gasteiger partial charge in [-0.05, 0) is 104 Å². The number of fused-ring (bicyclic) bond motifs is 5. The first kappa shape index (κ1) is 22.1. The zero-order valence-corrected chi connectivity index (χ0v) is 20.1. The van der Waals surface area contributed by atoms with Crippen LogP contribution in [0.4, 0.5) is 0 Å². The zero-order chi connectivity index (χ0) is 21.0. The fourth-order valence-corrected chi connectivity index (χ4v) is 9.48. The summed E-state index contributed by atoms with van der Waals surface area (Å²) in [7, 11) is 0. The van der Waals surface area contributed by atoms with Gasteiger partial charge in [0.05, 0.1) is 6.10 Å². The quantitative estimate of drug-likeness (QED) is 0.546. The van der Waals surface area contributed by atoms with Crippen molar-refractivity contribution in [2.75, 3.05) is 0 Å². The summed E-state index contributed by atoms with van der Waals surface area (Å²) in [6.45, 7) is 12.5. The molecule has 0 heterocycles. The van der Waals surface area contributed by atoms with E-state index in [1.54, 1.807) is 0 Å². The van der Waals surface area contributed by atoms with Gasteiger partial charge in [-0.15, -0.1) is 0 Å². The van der Waals surface area contributed by atoms with Crippen LogP contribution in [-0.4, -0.2) is 16.7 Å². The van der Waals surface area contributed by atoms with Gasteiger partial charge in [-0.2, -0.15) is 0 Å². The summed E-state index contributed by atoms with van der Waals surface area (Å²) in [6.07, 6.45) is 15.3. The van der Waals surface area contributed by atoms with Crippen LogP contribution in [0.3, 0.4) is 0 Å². The lowest BCUT2D eigenvalue weighted by Crippen LogP contribution is -2.68. The first-order valence-corrected chi connectivity index (χ1v) is 13.1. The Morgan fingerprint density at radius 2 is 1.55 bits per heavy atom. The van der Waals surface area contributed by atoms with Gasteiger partial charge in [0, 0.05) is 5.54 Å². The third-order valence-electron chi connectivity index (χ3n) is 11.0. The minimum absolute atomic E-state index is 0.0486. The number of aliphatic hydroxyl groups excluding tert-OH is 1. The normalized spacial score (nSPS) is 50.7. The van der Waals surface area contributed by atoms with Crippen molar-refractivity contribution >= 4 is 0 Å². The second-order valence-electron chi connectivity index (χ2n) is 12.9. The fourth-order valence-electron chi connectivity index (χ4n) is 9.48. The monoisotopic (exact) mass is 403 g/mol. The summed E-state index contributed by atoms with van der Waals surface area (Å²) in [5, 5.41) is 10.3. The molecule has 0 radical (unpaired) electrons. The SMILES string of the molecule is CC(C)CCC[C@@H](C)[C@H]1CC[C@@H]2[C@]1(C)CC[C@H]1[C@@]2(N)CCC2C[C@@H](O)CC[C@@]21C. The van der Waals surface area contributed by atoms with E-state index in [9.17, 15) is 5.11 Å². The van der Waals surface area contributed by atoms with Crippen molar-refractivity contribution in [3.8, 4) is 0 Å². The van der Waals surface area contributed by atoms with Crippen LogP contribution in [0.25, 0.3) is 0 Å². The second kappa shape index (κ2) is 7.80.